The van der Waals surface area contributed by atoms with E-state index in [4.69, 9.17) is 4.74 Å². The Hall–Kier alpha value is -1.51. The molecule has 1 aliphatic rings. The van der Waals surface area contributed by atoms with Crippen molar-refractivity contribution < 1.29 is 9.53 Å². The van der Waals surface area contributed by atoms with Crippen LogP contribution in [0.3, 0.4) is 0 Å². The maximum atomic E-state index is 11.8. The van der Waals surface area contributed by atoms with Crippen molar-refractivity contribution in [2.75, 3.05) is 18.1 Å². The molecule has 0 spiro atoms. The molecule has 16 heavy (non-hydrogen) atoms. The van der Waals surface area contributed by atoms with Crippen LogP contribution >= 0.6 is 0 Å². The molecule has 0 saturated heterocycles. The van der Waals surface area contributed by atoms with Gasteiger partial charge in [0.1, 0.15) is 0 Å². The van der Waals surface area contributed by atoms with Gasteiger partial charge >= 0.3 is 6.09 Å². The van der Waals surface area contributed by atoms with E-state index in [0.717, 1.165) is 30.6 Å². The van der Waals surface area contributed by atoms with Crippen molar-refractivity contribution >= 4 is 11.8 Å². The number of carbonyl (C=O) groups is 1. The van der Waals surface area contributed by atoms with Gasteiger partial charge in [0.2, 0.25) is 0 Å². The average molecular weight is 219 g/mol. The Morgan fingerprint density at radius 1 is 1.50 bits per heavy atom. The lowest BCUT2D eigenvalue weighted by Gasteiger charge is -2.30. The van der Waals surface area contributed by atoms with Crippen LogP contribution in [0.15, 0.2) is 18.2 Å². The molecule has 0 atom stereocenters. The standard InChI is InChI=1S/C13H17NO2/c1-3-16-13(15)14-9-5-8-11-7-4-6-10(2)12(11)14/h4,6-7H,3,5,8-9H2,1-2H3. The van der Waals surface area contributed by atoms with Crippen LogP contribution in [0.5, 0.6) is 0 Å². The summed E-state index contributed by atoms with van der Waals surface area (Å²) in [7, 11) is 0. The van der Waals surface area contributed by atoms with Crippen LogP contribution in [0.4, 0.5) is 10.5 Å². The molecule has 1 aromatic carbocycles. The van der Waals surface area contributed by atoms with E-state index in [2.05, 4.69) is 6.07 Å². The maximum absolute atomic E-state index is 11.8. The summed E-state index contributed by atoms with van der Waals surface area (Å²) in [6.45, 7) is 5.06. The van der Waals surface area contributed by atoms with Crippen LogP contribution in [-0.2, 0) is 11.2 Å². The molecule has 0 saturated carbocycles. The smallest absolute Gasteiger partial charge is 0.414 e. The lowest BCUT2D eigenvalue weighted by Crippen LogP contribution is -2.36. The number of amides is 1. The highest BCUT2D eigenvalue weighted by Crippen LogP contribution is 2.30. The maximum Gasteiger partial charge on any atom is 0.414 e. The second kappa shape index (κ2) is 4.56. The number of benzene rings is 1. The Bertz CT molecular complexity index is 401. The molecule has 0 aliphatic carbocycles. The minimum atomic E-state index is -0.224. The number of para-hydroxylation sites is 1. The molecule has 1 amide bonds. The monoisotopic (exact) mass is 219 g/mol. The predicted octanol–water partition coefficient (Wildman–Crippen LogP) is 2.90. The Morgan fingerprint density at radius 3 is 3.06 bits per heavy atom. The first-order valence-corrected chi connectivity index (χ1v) is 5.77. The van der Waals surface area contributed by atoms with Gasteiger partial charge in [0.05, 0.1) is 12.3 Å². The van der Waals surface area contributed by atoms with Crippen molar-refractivity contribution in [2.45, 2.75) is 26.7 Å². The van der Waals surface area contributed by atoms with E-state index in [1.165, 1.54) is 5.56 Å². The zero-order chi connectivity index (χ0) is 11.5. The fourth-order valence-corrected chi connectivity index (χ4v) is 2.23. The van der Waals surface area contributed by atoms with E-state index in [1.54, 1.807) is 4.90 Å². The Labute approximate surface area is 96.0 Å². The van der Waals surface area contributed by atoms with Gasteiger partial charge in [-0.1, -0.05) is 18.2 Å². The molecule has 0 N–H and O–H groups in total. The van der Waals surface area contributed by atoms with Gasteiger partial charge in [-0.15, -0.1) is 0 Å². The summed E-state index contributed by atoms with van der Waals surface area (Å²) in [6, 6.07) is 6.17. The summed E-state index contributed by atoms with van der Waals surface area (Å²) in [5, 5.41) is 0. The molecule has 0 radical (unpaired) electrons. The lowest BCUT2D eigenvalue weighted by molar-refractivity contribution is 0.159. The molecule has 86 valence electrons. The number of nitrogens with zero attached hydrogens (tertiary/aromatic N) is 1. The van der Waals surface area contributed by atoms with Crippen LogP contribution in [0.2, 0.25) is 0 Å². The van der Waals surface area contributed by atoms with Gasteiger partial charge in [0.25, 0.3) is 0 Å². The first kappa shape index (κ1) is 11.0. The number of carbonyl (C=O) groups excluding carboxylic acids is 1. The zero-order valence-electron chi connectivity index (χ0n) is 9.82. The van der Waals surface area contributed by atoms with Gasteiger partial charge in [-0.25, -0.2) is 4.79 Å². The Kier molecular flexibility index (Phi) is 3.13. The topological polar surface area (TPSA) is 29.5 Å². The van der Waals surface area contributed by atoms with Gasteiger partial charge in [-0.3, -0.25) is 4.90 Å². The van der Waals surface area contributed by atoms with E-state index >= 15 is 0 Å². The summed E-state index contributed by atoms with van der Waals surface area (Å²) in [5.74, 6) is 0. The summed E-state index contributed by atoms with van der Waals surface area (Å²) in [4.78, 5) is 13.6. The van der Waals surface area contributed by atoms with Crippen LogP contribution < -0.4 is 4.90 Å². The number of hydrogen-bond donors (Lipinski definition) is 0. The molecule has 0 bridgehead atoms. The molecule has 1 aromatic rings. The molecule has 3 heteroatoms. The third-order valence-corrected chi connectivity index (χ3v) is 2.91. The van der Waals surface area contributed by atoms with Crippen LogP contribution in [0, 0.1) is 6.92 Å². The predicted molar refractivity (Wildman–Crippen MR) is 63.9 cm³/mol. The molecule has 1 heterocycles. The van der Waals surface area contributed by atoms with E-state index in [9.17, 15) is 4.79 Å². The van der Waals surface area contributed by atoms with Crippen LogP contribution in [0.25, 0.3) is 0 Å². The summed E-state index contributed by atoms with van der Waals surface area (Å²) in [5.41, 5.74) is 3.44. The normalized spacial score (nSPS) is 14.5. The van der Waals surface area contributed by atoms with Crippen molar-refractivity contribution in [3.05, 3.63) is 29.3 Å². The molecule has 3 nitrogen and oxygen atoms in total. The molecule has 0 aromatic heterocycles. The van der Waals surface area contributed by atoms with Gasteiger partial charge in [-0.2, -0.15) is 0 Å². The number of rotatable bonds is 1. The second-order valence-electron chi connectivity index (χ2n) is 4.04. The highest BCUT2D eigenvalue weighted by molar-refractivity contribution is 5.90. The lowest BCUT2D eigenvalue weighted by atomic mass is 9.99. The van der Waals surface area contributed by atoms with Crippen LogP contribution in [0.1, 0.15) is 24.5 Å². The number of ether oxygens (including phenoxy) is 1. The summed E-state index contributed by atoms with van der Waals surface area (Å²) in [6.07, 6.45) is 1.83. The van der Waals surface area contributed by atoms with Gasteiger partial charge in [0, 0.05) is 6.54 Å². The third-order valence-electron chi connectivity index (χ3n) is 2.91. The van der Waals surface area contributed by atoms with Crippen molar-refractivity contribution in [3.8, 4) is 0 Å². The largest absolute Gasteiger partial charge is 0.449 e. The fraction of sp³-hybridized carbons (Fsp3) is 0.462. The van der Waals surface area contributed by atoms with Crippen molar-refractivity contribution in [1.29, 1.82) is 0 Å². The number of fused-ring (bicyclic) bond motifs is 1. The van der Waals surface area contributed by atoms with Crippen molar-refractivity contribution in [3.63, 3.8) is 0 Å². The van der Waals surface area contributed by atoms with Crippen molar-refractivity contribution in [2.24, 2.45) is 0 Å². The Balaban J connectivity index is 2.35. The summed E-state index contributed by atoms with van der Waals surface area (Å²) < 4.78 is 5.08. The van der Waals surface area contributed by atoms with Gasteiger partial charge < -0.3 is 4.74 Å². The van der Waals surface area contributed by atoms with Gasteiger partial charge in [0.15, 0.2) is 0 Å². The molecule has 2 rings (SSSR count). The quantitative estimate of drug-likeness (QED) is 0.726. The molecular weight excluding hydrogens is 202 g/mol. The first-order chi connectivity index (χ1) is 7.74. The number of hydrogen-bond acceptors (Lipinski definition) is 2. The second-order valence-corrected chi connectivity index (χ2v) is 4.04. The highest BCUT2D eigenvalue weighted by atomic mass is 16.6. The zero-order valence-corrected chi connectivity index (χ0v) is 9.82. The minimum absolute atomic E-state index is 0.224. The SMILES string of the molecule is CCOC(=O)N1CCCc2cccc(C)c21. The molecule has 1 aliphatic heterocycles. The average Bonchev–Trinajstić information content (AvgIpc) is 2.29. The number of anilines is 1. The Morgan fingerprint density at radius 2 is 2.31 bits per heavy atom. The number of aryl methyl sites for hydroxylation is 2. The van der Waals surface area contributed by atoms with Gasteiger partial charge in [-0.05, 0) is 37.8 Å². The van der Waals surface area contributed by atoms with Crippen LogP contribution in [-0.4, -0.2) is 19.2 Å². The fourth-order valence-electron chi connectivity index (χ4n) is 2.23. The molecule has 0 fully saturated rings. The third kappa shape index (κ3) is 1.90. The highest BCUT2D eigenvalue weighted by Gasteiger charge is 2.24. The van der Waals surface area contributed by atoms with E-state index in [1.807, 2.05) is 26.0 Å². The first-order valence-electron chi connectivity index (χ1n) is 5.77. The minimum Gasteiger partial charge on any atom is -0.449 e. The van der Waals surface area contributed by atoms with Crippen molar-refractivity contribution in [1.82, 2.24) is 0 Å². The van der Waals surface area contributed by atoms with E-state index in [-0.39, 0.29) is 6.09 Å². The summed E-state index contributed by atoms with van der Waals surface area (Å²) >= 11 is 0. The van der Waals surface area contributed by atoms with E-state index in [0.29, 0.717) is 6.61 Å². The van der Waals surface area contributed by atoms with E-state index < -0.39 is 0 Å². The molecular formula is C13H17NO2. The molecule has 0 unspecified atom stereocenters.